The summed E-state index contributed by atoms with van der Waals surface area (Å²) >= 11 is 0. The fourth-order valence-electron chi connectivity index (χ4n) is 2.02. The van der Waals surface area contributed by atoms with Gasteiger partial charge < -0.3 is 5.11 Å². The molecule has 0 atom stereocenters. The van der Waals surface area contributed by atoms with Gasteiger partial charge in [-0.2, -0.15) is 4.31 Å². The molecule has 2 rings (SSSR count). The van der Waals surface area contributed by atoms with Crippen LogP contribution in [0.2, 0.25) is 0 Å². The van der Waals surface area contributed by atoms with Gasteiger partial charge in [-0.1, -0.05) is 42.0 Å². The van der Waals surface area contributed by atoms with Gasteiger partial charge in [0.05, 0.1) is 11.5 Å². The number of aliphatic hydroxyl groups excluding tert-OH is 1. The topological polar surface area (TPSA) is 57.6 Å². The Morgan fingerprint density at radius 3 is 2.33 bits per heavy atom. The summed E-state index contributed by atoms with van der Waals surface area (Å²) in [6, 6.07) is 14.1. The predicted molar refractivity (Wildman–Crippen MR) is 82.2 cm³/mol. The van der Waals surface area contributed by atoms with Crippen molar-refractivity contribution in [3.63, 3.8) is 0 Å². The maximum Gasteiger partial charge on any atom is 0.243 e. The monoisotopic (exact) mass is 305 g/mol. The van der Waals surface area contributed by atoms with Gasteiger partial charge in [-0.25, -0.2) is 8.42 Å². The van der Waals surface area contributed by atoms with Gasteiger partial charge in [-0.3, -0.25) is 0 Å². The molecule has 2 aromatic carbocycles. The maximum atomic E-state index is 12.5. The van der Waals surface area contributed by atoms with Crippen molar-refractivity contribution in [2.24, 2.45) is 0 Å². The van der Waals surface area contributed by atoms with Crippen LogP contribution in [0.1, 0.15) is 16.7 Å². The lowest BCUT2D eigenvalue weighted by Crippen LogP contribution is -2.26. The van der Waals surface area contributed by atoms with Crippen molar-refractivity contribution in [1.82, 2.24) is 4.31 Å². The molecule has 0 heterocycles. The van der Waals surface area contributed by atoms with Crippen LogP contribution in [0.15, 0.2) is 53.4 Å². The lowest BCUT2D eigenvalue weighted by molar-refractivity contribution is 0.281. The first-order valence-electron chi connectivity index (χ1n) is 6.65. The fourth-order valence-corrected chi connectivity index (χ4v) is 3.25. The van der Waals surface area contributed by atoms with Crippen LogP contribution in [0.3, 0.4) is 0 Å². The zero-order valence-electron chi connectivity index (χ0n) is 12.2. The lowest BCUT2D eigenvalue weighted by Gasteiger charge is -2.17. The van der Waals surface area contributed by atoms with Crippen LogP contribution in [0.5, 0.6) is 0 Å². The van der Waals surface area contributed by atoms with E-state index >= 15 is 0 Å². The Bertz CT molecular complexity index is 709. The van der Waals surface area contributed by atoms with Crippen molar-refractivity contribution in [1.29, 1.82) is 0 Å². The largest absolute Gasteiger partial charge is 0.392 e. The molecule has 4 nitrogen and oxygen atoms in total. The fraction of sp³-hybridized carbons (Fsp3) is 0.250. The number of aliphatic hydroxyl groups is 1. The number of nitrogens with zero attached hydrogens (tertiary/aromatic N) is 1. The smallest absolute Gasteiger partial charge is 0.243 e. The third kappa shape index (κ3) is 3.69. The maximum absolute atomic E-state index is 12.5. The number of aryl methyl sites for hydroxylation is 1. The molecule has 112 valence electrons. The molecule has 0 amide bonds. The second kappa shape index (κ2) is 6.39. The number of sulfonamides is 1. The Kier molecular flexibility index (Phi) is 4.77. The van der Waals surface area contributed by atoms with Crippen molar-refractivity contribution in [3.8, 4) is 0 Å². The highest BCUT2D eigenvalue weighted by Crippen LogP contribution is 2.18. The SMILES string of the molecule is Cc1ccc(CN(C)S(=O)(=O)c2cccc(CO)c2)cc1. The summed E-state index contributed by atoms with van der Waals surface area (Å²) in [5.41, 5.74) is 2.66. The molecule has 0 aromatic heterocycles. The highest BCUT2D eigenvalue weighted by atomic mass is 32.2. The van der Waals surface area contributed by atoms with Gasteiger partial charge in [0.15, 0.2) is 0 Å². The third-order valence-electron chi connectivity index (χ3n) is 3.32. The minimum atomic E-state index is -3.56. The highest BCUT2D eigenvalue weighted by molar-refractivity contribution is 7.89. The standard InChI is InChI=1S/C16H19NO3S/c1-13-6-8-14(9-7-13)11-17(2)21(19,20)16-5-3-4-15(10-16)12-18/h3-10,18H,11-12H2,1-2H3. The minimum absolute atomic E-state index is 0.176. The summed E-state index contributed by atoms with van der Waals surface area (Å²) < 4.78 is 26.3. The Labute approximate surface area is 125 Å². The Balaban J connectivity index is 2.23. The molecule has 0 saturated carbocycles. The molecule has 0 radical (unpaired) electrons. The number of hydrogen-bond acceptors (Lipinski definition) is 3. The average molecular weight is 305 g/mol. The van der Waals surface area contributed by atoms with E-state index in [0.717, 1.165) is 11.1 Å². The van der Waals surface area contributed by atoms with Gasteiger partial charge in [0.1, 0.15) is 0 Å². The summed E-state index contributed by atoms with van der Waals surface area (Å²) in [6.07, 6.45) is 0. The van der Waals surface area contributed by atoms with Crippen molar-refractivity contribution in [3.05, 3.63) is 65.2 Å². The first kappa shape index (κ1) is 15.7. The van der Waals surface area contributed by atoms with Crippen LogP contribution in [0, 0.1) is 6.92 Å². The van der Waals surface area contributed by atoms with E-state index in [1.165, 1.54) is 10.4 Å². The normalized spacial score (nSPS) is 11.8. The molecular formula is C16H19NO3S. The van der Waals surface area contributed by atoms with E-state index < -0.39 is 10.0 Å². The van der Waals surface area contributed by atoms with E-state index in [4.69, 9.17) is 5.11 Å². The van der Waals surface area contributed by atoms with E-state index in [-0.39, 0.29) is 11.5 Å². The van der Waals surface area contributed by atoms with Gasteiger partial charge in [-0.05, 0) is 30.2 Å². The molecule has 0 bridgehead atoms. The number of rotatable bonds is 5. The highest BCUT2D eigenvalue weighted by Gasteiger charge is 2.21. The minimum Gasteiger partial charge on any atom is -0.392 e. The molecule has 0 aliphatic carbocycles. The van der Waals surface area contributed by atoms with Gasteiger partial charge in [0.25, 0.3) is 0 Å². The van der Waals surface area contributed by atoms with Gasteiger partial charge in [0.2, 0.25) is 10.0 Å². The van der Waals surface area contributed by atoms with Crippen molar-refractivity contribution in [2.75, 3.05) is 7.05 Å². The molecule has 2 aromatic rings. The van der Waals surface area contributed by atoms with Crippen LogP contribution >= 0.6 is 0 Å². The van der Waals surface area contributed by atoms with E-state index in [0.29, 0.717) is 12.1 Å². The first-order chi connectivity index (χ1) is 9.93. The third-order valence-corrected chi connectivity index (χ3v) is 5.11. The van der Waals surface area contributed by atoms with E-state index in [9.17, 15) is 8.42 Å². The molecule has 21 heavy (non-hydrogen) atoms. The van der Waals surface area contributed by atoms with Crippen LogP contribution < -0.4 is 0 Å². The van der Waals surface area contributed by atoms with Crippen LogP contribution in [-0.2, 0) is 23.2 Å². The van der Waals surface area contributed by atoms with Crippen molar-refractivity contribution >= 4 is 10.0 Å². The zero-order valence-corrected chi connectivity index (χ0v) is 13.0. The van der Waals surface area contributed by atoms with Crippen LogP contribution in [-0.4, -0.2) is 24.9 Å². The zero-order chi connectivity index (χ0) is 15.5. The summed E-state index contributed by atoms with van der Waals surface area (Å²) in [7, 11) is -2.00. The summed E-state index contributed by atoms with van der Waals surface area (Å²) in [6.45, 7) is 2.13. The summed E-state index contributed by atoms with van der Waals surface area (Å²) in [4.78, 5) is 0.198. The Hall–Kier alpha value is -1.69. The average Bonchev–Trinajstić information content (AvgIpc) is 2.49. The molecule has 0 unspecified atom stereocenters. The van der Waals surface area contributed by atoms with Crippen molar-refractivity contribution in [2.45, 2.75) is 25.0 Å². The molecule has 0 aliphatic rings. The lowest BCUT2D eigenvalue weighted by atomic mass is 10.1. The second-order valence-electron chi connectivity index (χ2n) is 5.05. The van der Waals surface area contributed by atoms with Crippen LogP contribution in [0.4, 0.5) is 0 Å². The Morgan fingerprint density at radius 1 is 1.05 bits per heavy atom. The molecule has 5 heteroatoms. The molecule has 0 saturated heterocycles. The summed E-state index contributed by atoms with van der Waals surface area (Å²) in [5.74, 6) is 0. The second-order valence-corrected chi connectivity index (χ2v) is 7.10. The molecule has 0 fully saturated rings. The van der Waals surface area contributed by atoms with E-state index in [2.05, 4.69) is 0 Å². The molecule has 0 spiro atoms. The van der Waals surface area contributed by atoms with E-state index in [1.54, 1.807) is 25.2 Å². The van der Waals surface area contributed by atoms with Gasteiger partial charge in [0, 0.05) is 13.6 Å². The van der Waals surface area contributed by atoms with Crippen LogP contribution in [0.25, 0.3) is 0 Å². The summed E-state index contributed by atoms with van der Waals surface area (Å²) in [5, 5.41) is 9.12. The first-order valence-corrected chi connectivity index (χ1v) is 8.09. The molecular weight excluding hydrogens is 286 g/mol. The van der Waals surface area contributed by atoms with Gasteiger partial charge in [-0.15, -0.1) is 0 Å². The molecule has 1 N–H and O–H groups in total. The molecule has 0 aliphatic heterocycles. The Morgan fingerprint density at radius 2 is 1.71 bits per heavy atom. The number of hydrogen-bond donors (Lipinski definition) is 1. The van der Waals surface area contributed by atoms with Crippen molar-refractivity contribution < 1.29 is 13.5 Å². The van der Waals surface area contributed by atoms with Gasteiger partial charge >= 0.3 is 0 Å². The predicted octanol–water partition coefficient (Wildman–Crippen LogP) is 2.31. The van der Waals surface area contributed by atoms with E-state index in [1.807, 2.05) is 31.2 Å². The quantitative estimate of drug-likeness (QED) is 0.922. The number of benzene rings is 2.